The highest BCUT2D eigenvalue weighted by Gasteiger charge is 2.24. The van der Waals surface area contributed by atoms with Gasteiger partial charge in [-0.2, -0.15) is 0 Å². The molecule has 0 saturated carbocycles. The van der Waals surface area contributed by atoms with E-state index in [1.165, 1.54) is 16.7 Å². The summed E-state index contributed by atoms with van der Waals surface area (Å²) in [6.07, 6.45) is 0. The van der Waals surface area contributed by atoms with Gasteiger partial charge < -0.3 is 13.7 Å². The van der Waals surface area contributed by atoms with E-state index in [-0.39, 0.29) is 0 Å². The molecular formula is C48H31NO2. The molecule has 10 rings (SSSR count). The first-order valence-corrected chi connectivity index (χ1v) is 17.3. The second kappa shape index (κ2) is 11.9. The molecule has 0 spiro atoms. The molecule has 8 aromatic carbocycles. The van der Waals surface area contributed by atoms with Crippen molar-refractivity contribution in [2.75, 3.05) is 4.90 Å². The molecule has 2 heterocycles. The average Bonchev–Trinajstić information content (AvgIpc) is 3.77. The molecular weight excluding hydrogens is 623 g/mol. The zero-order valence-electron chi connectivity index (χ0n) is 27.7. The molecule has 0 radical (unpaired) electrons. The van der Waals surface area contributed by atoms with E-state index in [0.717, 1.165) is 77.6 Å². The lowest BCUT2D eigenvalue weighted by Crippen LogP contribution is -2.11. The van der Waals surface area contributed by atoms with Crippen LogP contribution in [-0.4, -0.2) is 0 Å². The van der Waals surface area contributed by atoms with Gasteiger partial charge in [-0.3, -0.25) is 0 Å². The standard InChI is InChI=1S/C48H31NO2/c1-3-14-32(15-4-1)36-18-7-8-19-37(36)34-26-29-43(42(30-34)33-16-5-2-6-17-33)49(35-27-28-40-38-20-9-11-24-45(38)50-47(40)31-35)44-23-13-22-41-39-21-10-12-25-46(39)51-48(41)44/h1-31H. The van der Waals surface area contributed by atoms with Crippen molar-refractivity contribution in [3.05, 3.63) is 188 Å². The quantitative estimate of drug-likeness (QED) is 0.179. The second-order valence-electron chi connectivity index (χ2n) is 12.9. The Bertz CT molecular complexity index is 2860. The Labute approximate surface area is 295 Å². The summed E-state index contributed by atoms with van der Waals surface area (Å²) in [7, 11) is 0. The molecule has 0 saturated heterocycles. The van der Waals surface area contributed by atoms with Crippen LogP contribution in [0.5, 0.6) is 0 Å². The Hall–Kier alpha value is -6.84. The van der Waals surface area contributed by atoms with Gasteiger partial charge in [0.15, 0.2) is 5.58 Å². The number of nitrogens with zero attached hydrogens (tertiary/aromatic N) is 1. The number of anilines is 3. The summed E-state index contributed by atoms with van der Waals surface area (Å²) >= 11 is 0. The molecule has 0 N–H and O–H groups in total. The third kappa shape index (κ3) is 4.90. The minimum absolute atomic E-state index is 0.834. The summed E-state index contributed by atoms with van der Waals surface area (Å²) < 4.78 is 13.1. The molecule has 240 valence electrons. The number of hydrogen-bond donors (Lipinski definition) is 0. The number of furan rings is 2. The zero-order valence-corrected chi connectivity index (χ0v) is 27.7. The number of benzene rings is 8. The van der Waals surface area contributed by atoms with Crippen LogP contribution in [0.4, 0.5) is 17.1 Å². The summed E-state index contributed by atoms with van der Waals surface area (Å²) in [6, 6.07) is 66.2. The van der Waals surface area contributed by atoms with Crippen LogP contribution in [0.1, 0.15) is 0 Å². The third-order valence-corrected chi connectivity index (χ3v) is 9.89. The van der Waals surface area contributed by atoms with Gasteiger partial charge in [0.25, 0.3) is 0 Å². The number of para-hydroxylation sites is 3. The molecule has 10 aromatic rings. The predicted octanol–water partition coefficient (Wildman–Crippen LogP) is 14.0. The summed E-state index contributed by atoms with van der Waals surface area (Å²) in [5, 5.41) is 4.37. The van der Waals surface area contributed by atoms with Gasteiger partial charge in [0.05, 0.1) is 17.1 Å². The maximum atomic E-state index is 6.68. The summed E-state index contributed by atoms with van der Waals surface area (Å²) in [4.78, 5) is 2.33. The average molecular weight is 654 g/mol. The molecule has 0 aliphatic carbocycles. The van der Waals surface area contributed by atoms with E-state index in [4.69, 9.17) is 8.83 Å². The molecule has 0 unspecified atom stereocenters. The van der Waals surface area contributed by atoms with Crippen molar-refractivity contribution in [3.63, 3.8) is 0 Å². The van der Waals surface area contributed by atoms with Crippen LogP contribution in [0.2, 0.25) is 0 Å². The van der Waals surface area contributed by atoms with Crippen molar-refractivity contribution in [1.82, 2.24) is 0 Å². The van der Waals surface area contributed by atoms with Crippen molar-refractivity contribution >= 4 is 60.9 Å². The highest BCUT2D eigenvalue weighted by molar-refractivity contribution is 6.12. The van der Waals surface area contributed by atoms with Crippen LogP contribution in [-0.2, 0) is 0 Å². The molecule has 51 heavy (non-hydrogen) atoms. The van der Waals surface area contributed by atoms with Gasteiger partial charge >= 0.3 is 0 Å². The molecule has 0 aliphatic rings. The molecule has 0 fully saturated rings. The molecule has 0 aliphatic heterocycles. The first kappa shape index (κ1) is 29.1. The summed E-state index contributed by atoms with van der Waals surface area (Å²) in [5.41, 5.74) is 13.3. The fraction of sp³-hybridized carbons (Fsp3) is 0. The van der Waals surface area contributed by atoms with Crippen LogP contribution in [0, 0.1) is 0 Å². The van der Waals surface area contributed by atoms with Gasteiger partial charge in [-0.25, -0.2) is 0 Å². The van der Waals surface area contributed by atoms with Crippen LogP contribution in [0.25, 0.3) is 77.3 Å². The topological polar surface area (TPSA) is 29.5 Å². The Morgan fingerprint density at radius 3 is 1.63 bits per heavy atom. The van der Waals surface area contributed by atoms with E-state index < -0.39 is 0 Å². The second-order valence-corrected chi connectivity index (χ2v) is 12.9. The van der Waals surface area contributed by atoms with E-state index in [1.807, 2.05) is 24.3 Å². The number of rotatable bonds is 6. The molecule has 2 aromatic heterocycles. The van der Waals surface area contributed by atoms with Crippen molar-refractivity contribution in [2.24, 2.45) is 0 Å². The van der Waals surface area contributed by atoms with Crippen molar-refractivity contribution < 1.29 is 8.83 Å². The first-order chi connectivity index (χ1) is 25.3. The largest absolute Gasteiger partial charge is 0.456 e. The highest BCUT2D eigenvalue weighted by Crippen LogP contribution is 2.47. The lowest BCUT2D eigenvalue weighted by atomic mass is 9.91. The Kier molecular flexibility index (Phi) is 6.81. The lowest BCUT2D eigenvalue weighted by Gasteiger charge is -2.28. The SMILES string of the molecule is c1ccc(-c2ccccc2-c2ccc(N(c3ccc4c(c3)oc3ccccc34)c3cccc4c3oc3ccccc34)c(-c3ccccc3)c2)cc1. The normalized spacial score (nSPS) is 11.5. The summed E-state index contributed by atoms with van der Waals surface area (Å²) in [6.45, 7) is 0. The number of fused-ring (bicyclic) bond motifs is 6. The van der Waals surface area contributed by atoms with Crippen molar-refractivity contribution in [2.45, 2.75) is 0 Å². The zero-order chi connectivity index (χ0) is 33.7. The van der Waals surface area contributed by atoms with Gasteiger partial charge in [0.2, 0.25) is 0 Å². The van der Waals surface area contributed by atoms with Gasteiger partial charge in [0.1, 0.15) is 16.7 Å². The Balaban J connectivity index is 1.25. The molecule has 0 atom stereocenters. The van der Waals surface area contributed by atoms with Gasteiger partial charge in [-0.05, 0) is 70.3 Å². The van der Waals surface area contributed by atoms with Crippen LogP contribution < -0.4 is 4.90 Å². The van der Waals surface area contributed by atoms with Gasteiger partial charge in [0, 0.05) is 33.2 Å². The van der Waals surface area contributed by atoms with E-state index in [2.05, 4.69) is 169 Å². The van der Waals surface area contributed by atoms with Crippen LogP contribution in [0.15, 0.2) is 197 Å². The van der Waals surface area contributed by atoms with E-state index in [9.17, 15) is 0 Å². The smallest absolute Gasteiger partial charge is 0.159 e. The molecule has 0 bridgehead atoms. The fourth-order valence-electron chi connectivity index (χ4n) is 7.52. The van der Waals surface area contributed by atoms with Crippen LogP contribution in [0.3, 0.4) is 0 Å². The van der Waals surface area contributed by atoms with Crippen LogP contribution >= 0.6 is 0 Å². The van der Waals surface area contributed by atoms with Gasteiger partial charge in [-0.15, -0.1) is 0 Å². The van der Waals surface area contributed by atoms with Crippen molar-refractivity contribution in [1.29, 1.82) is 0 Å². The van der Waals surface area contributed by atoms with E-state index in [1.54, 1.807) is 0 Å². The molecule has 3 heteroatoms. The number of hydrogen-bond acceptors (Lipinski definition) is 3. The minimum atomic E-state index is 0.834. The fourth-order valence-corrected chi connectivity index (χ4v) is 7.52. The molecule has 3 nitrogen and oxygen atoms in total. The third-order valence-electron chi connectivity index (χ3n) is 9.89. The van der Waals surface area contributed by atoms with Gasteiger partial charge in [-0.1, -0.05) is 140 Å². The first-order valence-electron chi connectivity index (χ1n) is 17.3. The minimum Gasteiger partial charge on any atom is -0.456 e. The lowest BCUT2D eigenvalue weighted by molar-refractivity contribution is 0.667. The maximum absolute atomic E-state index is 6.68. The van der Waals surface area contributed by atoms with Crippen molar-refractivity contribution in [3.8, 4) is 33.4 Å². The van der Waals surface area contributed by atoms with E-state index >= 15 is 0 Å². The highest BCUT2D eigenvalue weighted by atomic mass is 16.3. The maximum Gasteiger partial charge on any atom is 0.159 e. The monoisotopic (exact) mass is 653 g/mol. The Morgan fingerprint density at radius 1 is 0.314 bits per heavy atom. The van der Waals surface area contributed by atoms with E-state index in [0.29, 0.717) is 0 Å². The summed E-state index contributed by atoms with van der Waals surface area (Å²) in [5.74, 6) is 0. The Morgan fingerprint density at radius 2 is 0.882 bits per heavy atom. The molecule has 0 amide bonds. The predicted molar refractivity (Wildman–Crippen MR) is 212 cm³/mol.